The zero-order chi connectivity index (χ0) is 14.5. The summed E-state index contributed by atoms with van der Waals surface area (Å²) in [5.74, 6) is -1.98. The summed E-state index contributed by atoms with van der Waals surface area (Å²) in [5.41, 5.74) is 0.417. The topological polar surface area (TPSA) is 61.8 Å². The highest BCUT2D eigenvalue weighted by molar-refractivity contribution is 5.95. The number of rotatable bonds is 4. The lowest BCUT2D eigenvalue weighted by atomic mass is 9.96. The maximum atomic E-state index is 12.1. The molecular formula is C14H22O5. The molecule has 1 rings (SSSR count). The van der Waals surface area contributed by atoms with Crippen LogP contribution in [0.15, 0.2) is 11.6 Å². The SMILES string of the molecule is COC(=O)[C@@H](CC1=CCOCC1)C(=O)OC(C)(C)C. The van der Waals surface area contributed by atoms with Gasteiger partial charge >= 0.3 is 11.9 Å². The Morgan fingerprint density at radius 2 is 2.05 bits per heavy atom. The minimum atomic E-state index is -0.895. The van der Waals surface area contributed by atoms with Crippen LogP contribution in [0.5, 0.6) is 0 Å². The van der Waals surface area contributed by atoms with Gasteiger partial charge in [0.2, 0.25) is 0 Å². The van der Waals surface area contributed by atoms with Crippen LogP contribution in [0.2, 0.25) is 0 Å². The van der Waals surface area contributed by atoms with Crippen LogP contribution in [-0.4, -0.2) is 37.9 Å². The molecule has 1 aliphatic heterocycles. The second-order valence-corrected chi connectivity index (χ2v) is 5.50. The second kappa shape index (κ2) is 6.70. The molecule has 0 unspecified atom stereocenters. The van der Waals surface area contributed by atoms with E-state index in [0.29, 0.717) is 19.6 Å². The van der Waals surface area contributed by atoms with Crippen molar-refractivity contribution in [1.82, 2.24) is 0 Å². The molecule has 1 aliphatic rings. The Morgan fingerprint density at radius 3 is 2.53 bits per heavy atom. The normalized spacial score (nSPS) is 17.4. The average Bonchev–Trinajstić information content (AvgIpc) is 2.34. The molecule has 5 heteroatoms. The largest absolute Gasteiger partial charge is 0.468 e. The first-order chi connectivity index (χ1) is 8.83. The molecule has 108 valence electrons. The van der Waals surface area contributed by atoms with Gasteiger partial charge < -0.3 is 14.2 Å². The summed E-state index contributed by atoms with van der Waals surface area (Å²) in [6, 6.07) is 0. The highest BCUT2D eigenvalue weighted by Gasteiger charge is 2.33. The van der Waals surface area contributed by atoms with E-state index < -0.39 is 23.5 Å². The van der Waals surface area contributed by atoms with Crippen LogP contribution < -0.4 is 0 Å². The number of hydrogen-bond acceptors (Lipinski definition) is 5. The minimum Gasteiger partial charge on any atom is -0.468 e. The molecule has 0 aromatic rings. The van der Waals surface area contributed by atoms with Gasteiger partial charge in [0.25, 0.3) is 0 Å². The van der Waals surface area contributed by atoms with Crippen molar-refractivity contribution in [3.63, 3.8) is 0 Å². The Hall–Kier alpha value is -1.36. The van der Waals surface area contributed by atoms with Crippen LogP contribution in [0.1, 0.15) is 33.6 Å². The van der Waals surface area contributed by atoms with E-state index in [9.17, 15) is 9.59 Å². The van der Waals surface area contributed by atoms with Crippen LogP contribution in [0.4, 0.5) is 0 Å². The summed E-state index contributed by atoms with van der Waals surface area (Å²) < 4.78 is 15.2. The van der Waals surface area contributed by atoms with E-state index in [1.54, 1.807) is 20.8 Å². The molecule has 5 nitrogen and oxygen atoms in total. The van der Waals surface area contributed by atoms with Crippen LogP contribution >= 0.6 is 0 Å². The lowest BCUT2D eigenvalue weighted by Gasteiger charge is -2.24. The van der Waals surface area contributed by atoms with Crippen LogP contribution in [0.3, 0.4) is 0 Å². The molecule has 0 fully saturated rings. The first-order valence-corrected chi connectivity index (χ1v) is 6.40. The zero-order valence-corrected chi connectivity index (χ0v) is 12.0. The smallest absolute Gasteiger partial charge is 0.321 e. The van der Waals surface area contributed by atoms with Gasteiger partial charge in [-0.25, -0.2) is 0 Å². The van der Waals surface area contributed by atoms with Crippen LogP contribution in [0, 0.1) is 5.92 Å². The maximum absolute atomic E-state index is 12.1. The molecule has 0 N–H and O–H groups in total. The Kier molecular flexibility index (Phi) is 5.54. The van der Waals surface area contributed by atoms with Gasteiger partial charge in [-0.05, 0) is 33.6 Å². The van der Waals surface area contributed by atoms with Crippen molar-refractivity contribution in [2.75, 3.05) is 20.3 Å². The first-order valence-electron chi connectivity index (χ1n) is 6.40. The van der Waals surface area contributed by atoms with Gasteiger partial charge in [0.05, 0.1) is 20.3 Å². The highest BCUT2D eigenvalue weighted by Crippen LogP contribution is 2.22. The maximum Gasteiger partial charge on any atom is 0.321 e. The van der Waals surface area contributed by atoms with Crippen molar-refractivity contribution in [1.29, 1.82) is 0 Å². The van der Waals surface area contributed by atoms with Gasteiger partial charge in [-0.1, -0.05) is 11.6 Å². The number of carbonyl (C=O) groups is 2. The van der Waals surface area contributed by atoms with Crippen molar-refractivity contribution in [3.05, 3.63) is 11.6 Å². The van der Waals surface area contributed by atoms with Crippen molar-refractivity contribution in [2.24, 2.45) is 5.92 Å². The van der Waals surface area contributed by atoms with Crippen molar-refractivity contribution in [2.45, 2.75) is 39.2 Å². The molecule has 0 saturated heterocycles. The minimum absolute atomic E-state index is 0.338. The standard InChI is InChI=1S/C14H22O5/c1-14(2,3)19-13(16)11(12(15)17-4)9-10-5-7-18-8-6-10/h5,11H,6-9H2,1-4H3/t11-/m1/s1. The van der Waals surface area contributed by atoms with E-state index in [-0.39, 0.29) is 0 Å². The third-order valence-corrected chi connectivity index (χ3v) is 2.70. The molecular weight excluding hydrogens is 248 g/mol. The first kappa shape index (κ1) is 15.7. The van der Waals surface area contributed by atoms with Gasteiger partial charge in [0, 0.05) is 0 Å². The Morgan fingerprint density at radius 1 is 1.37 bits per heavy atom. The van der Waals surface area contributed by atoms with E-state index in [4.69, 9.17) is 14.2 Å². The van der Waals surface area contributed by atoms with Crippen LogP contribution in [-0.2, 0) is 23.8 Å². The number of hydrogen-bond donors (Lipinski definition) is 0. The zero-order valence-electron chi connectivity index (χ0n) is 12.0. The van der Waals surface area contributed by atoms with E-state index in [0.717, 1.165) is 12.0 Å². The molecule has 0 saturated carbocycles. The molecule has 0 aromatic carbocycles. The lowest BCUT2D eigenvalue weighted by molar-refractivity contribution is -0.168. The van der Waals surface area contributed by atoms with Crippen LogP contribution in [0.25, 0.3) is 0 Å². The van der Waals surface area contributed by atoms with E-state index in [1.807, 2.05) is 6.08 Å². The molecule has 1 atom stereocenters. The second-order valence-electron chi connectivity index (χ2n) is 5.50. The molecule has 1 heterocycles. The summed E-state index contributed by atoms with van der Waals surface area (Å²) >= 11 is 0. The molecule has 0 aliphatic carbocycles. The van der Waals surface area contributed by atoms with E-state index in [1.165, 1.54) is 7.11 Å². The summed E-state index contributed by atoms with van der Waals surface area (Å²) in [4.78, 5) is 23.8. The quantitative estimate of drug-likeness (QED) is 0.443. The lowest BCUT2D eigenvalue weighted by Crippen LogP contribution is -2.34. The molecule has 0 spiro atoms. The predicted octanol–water partition coefficient (Wildman–Crippen LogP) is 1.85. The van der Waals surface area contributed by atoms with Gasteiger partial charge in [0.1, 0.15) is 5.60 Å². The number of carbonyl (C=O) groups excluding carboxylic acids is 2. The number of methoxy groups -OCH3 is 1. The molecule has 0 aromatic heterocycles. The van der Waals surface area contributed by atoms with Crippen molar-refractivity contribution >= 4 is 11.9 Å². The van der Waals surface area contributed by atoms with Gasteiger partial charge in [-0.2, -0.15) is 0 Å². The molecule has 0 amide bonds. The van der Waals surface area contributed by atoms with Gasteiger partial charge in [-0.15, -0.1) is 0 Å². The van der Waals surface area contributed by atoms with Crippen molar-refractivity contribution in [3.8, 4) is 0 Å². The van der Waals surface area contributed by atoms with Crippen molar-refractivity contribution < 1.29 is 23.8 Å². The van der Waals surface area contributed by atoms with Gasteiger partial charge in [0.15, 0.2) is 5.92 Å². The Bertz CT molecular complexity index is 365. The molecule has 19 heavy (non-hydrogen) atoms. The Labute approximate surface area is 113 Å². The summed E-state index contributed by atoms with van der Waals surface area (Å²) in [7, 11) is 1.28. The summed E-state index contributed by atoms with van der Waals surface area (Å²) in [5, 5.41) is 0. The molecule has 0 bridgehead atoms. The highest BCUT2D eigenvalue weighted by atomic mass is 16.6. The molecule has 0 radical (unpaired) electrons. The van der Waals surface area contributed by atoms with Gasteiger partial charge in [-0.3, -0.25) is 9.59 Å². The fourth-order valence-corrected chi connectivity index (χ4v) is 1.79. The average molecular weight is 270 g/mol. The summed E-state index contributed by atoms with van der Waals surface area (Å²) in [6.07, 6.45) is 2.98. The van der Waals surface area contributed by atoms with E-state index in [2.05, 4.69) is 0 Å². The summed E-state index contributed by atoms with van der Waals surface area (Å²) in [6.45, 7) is 6.46. The Balaban J connectivity index is 2.74. The number of ether oxygens (including phenoxy) is 3. The number of esters is 2. The third-order valence-electron chi connectivity index (χ3n) is 2.70. The fraction of sp³-hybridized carbons (Fsp3) is 0.714. The van der Waals surface area contributed by atoms with E-state index >= 15 is 0 Å². The predicted molar refractivity (Wildman–Crippen MR) is 69.5 cm³/mol. The fourth-order valence-electron chi connectivity index (χ4n) is 1.79. The monoisotopic (exact) mass is 270 g/mol. The third kappa shape index (κ3) is 5.42.